The first-order valence-corrected chi connectivity index (χ1v) is 3.85. The van der Waals surface area contributed by atoms with Gasteiger partial charge in [0.1, 0.15) is 6.07 Å². The molecule has 5 nitrogen and oxygen atoms in total. The quantitative estimate of drug-likeness (QED) is 0.634. The van der Waals surface area contributed by atoms with Crippen LogP contribution in [0.15, 0.2) is 18.5 Å². The normalized spacial score (nSPS) is 11.7. The Bertz CT molecular complexity index is 313. The van der Waals surface area contributed by atoms with Gasteiger partial charge in [-0.2, -0.15) is 10.4 Å². The fourth-order valence-corrected chi connectivity index (χ4v) is 0.874. The molecular weight excluding hydrogens is 170 g/mol. The first-order valence-electron chi connectivity index (χ1n) is 3.85. The number of hydrogen-bond donors (Lipinski definition) is 0. The van der Waals surface area contributed by atoms with E-state index in [0.29, 0.717) is 0 Å². The van der Waals surface area contributed by atoms with Crippen LogP contribution in [0.25, 0.3) is 0 Å². The number of rotatable bonds is 3. The molecule has 0 saturated heterocycles. The van der Waals surface area contributed by atoms with Gasteiger partial charge in [-0.1, -0.05) is 0 Å². The lowest BCUT2D eigenvalue weighted by atomic mass is 10.3. The Kier molecular flexibility index (Phi) is 3.03. The summed E-state index contributed by atoms with van der Waals surface area (Å²) < 4.78 is 5.96. The van der Waals surface area contributed by atoms with Gasteiger partial charge in [-0.25, -0.2) is 9.48 Å². The standard InChI is InChI=1S/C8H9N3O2/c1-2-13-8(12)7(6-9)11-5-3-4-10-11/h3-5,7H,2H2,1H3. The van der Waals surface area contributed by atoms with Crippen LogP contribution in [0.4, 0.5) is 0 Å². The van der Waals surface area contributed by atoms with Crippen LogP contribution < -0.4 is 0 Å². The molecule has 0 amide bonds. The van der Waals surface area contributed by atoms with Gasteiger partial charge in [0.05, 0.1) is 6.61 Å². The fraction of sp³-hybridized carbons (Fsp3) is 0.375. The van der Waals surface area contributed by atoms with Crippen molar-refractivity contribution in [3.05, 3.63) is 18.5 Å². The second kappa shape index (κ2) is 4.26. The molecule has 1 aromatic rings. The summed E-state index contributed by atoms with van der Waals surface area (Å²) in [4.78, 5) is 11.2. The molecular formula is C8H9N3O2. The maximum Gasteiger partial charge on any atom is 0.345 e. The minimum atomic E-state index is -0.977. The summed E-state index contributed by atoms with van der Waals surface area (Å²) in [7, 11) is 0. The van der Waals surface area contributed by atoms with Gasteiger partial charge in [0.25, 0.3) is 0 Å². The van der Waals surface area contributed by atoms with Crippen molar-refractivity contribution in [3.8, 4) is 6.07 Å². The summed E-state index contributed by atoms with van der Waals surface area (Å²) in [5, 5.41) is 12.5. The number of nitriles is 1. The fourth-order valence-electron chi connectivity index (χ4n) is 0.874. The molecule has 0 spiro atoms. The highest BCUT2D eigenvalue weighted by atomic mass is 16.5. The molecule has 0 aliphatic heterocycles. The van der Waals surface area contributed by atoms with Crippen LogP contribution in [-0.4, -0.2) is 22.4 Å². The van der Waals surface area contributed by atoms with Crippen molar-refractivity contribution in [2.45, 2.75) is 13.0 Å². The topological polar surface area (TPSA) is 67.9 Å². The van der Waals surface area contributed by atoms with Crippen LogP contribution in [0.2, 0.25) is 0 Å². The van der Waals surface area contributed by atoms with Crippen molar-refractivity contribution < 1.29 is 9.53 Å². The summed E-state index contributed by atoms with van der Waals surface area (Å²) in [6.07, 6.45) is 3.05. The molecule has 1 heterocycles. The zero-order chi connectivity index (χ0) is 9.68. The van der Waals surface area contributed by atoms with Crippen molar-refractivity contribution in [1.29, 1.82) is 5.26 Å². The summed E-state index contributed by atoms with van der Waals surface area (Å²) in [5.74, 6) is -0.575. The summed E-state index contributed by atoms with van der Waals surface area (Å²) >= 11 is 0. The maximum absolute atomic E-state index is 11.2. The minimum Gasteiger partial charge on any atom is -0.464 e. The third kappa shape index (κ3) is 2.06. The number of ether oxygens (including phenoxy) is 1. The van der Waals surface area contributed by atoms with E-state index in [9.17, 15) is 4.79 Å². The minimum absolute atomic E-state index is 0.262. The van der Waals surface area contributed by atoms with Crippen LogP contribution in [0.5, 0.6) is 0 Å². The highest BCUT2D eigenvalue weighted by Crippen LogP contribution is 2.05. The predicted octanol–water partition coefficient (Wildman–Crippen LogP) is 0.511. The molecule has 1 unspecified atom stereocenters. The molecule has 13 heavy (non-hydrogen) atoms. The Hall–Kier alpha value is -1.83. The molecule has 1 rings (SSSR count). The third-order valence-electron chi connectivity index (χ3n) is 1.42. The molecule has 68 valence electrons. The van der Waals surface area contributed by atoms with Crippen LogP contribution >= 0.6 is 0 Å². The number of carbonyl (C=O) groups is 1. The van der Waals surface area contributed by atoms with E-state index in [1.54, 1.807) is 19.2 Å². The zero-order valence-corrected chi connectivity index (χ0v) is 7.17. The summed E-state index contributed by atoms with van der Waals surface area (Å²) in [5.41, 5.74) is 0. The maximum atomic E-state index is 11.2. The molecule has 0 aliphatic rings. The summed E-state index contributed by atoms with van der Waals surface area (Å²) in [6, 6.07) is 2.48. The van der Waals surface area contributed by atoms with E-state index in [1.165, 1.54) is 10.9 Å². The van der Waals surface area contributed by atoms with E-state index in [4.69, 9.17) is 10.00 Å². The average molecular weight is 179 g/mol. The van der Waals surface area contributed by atoms with Crippen molar-refractivity contribution >= 4 is 5.97 Å². The number of hydrogen-bond acceptors (Lipinski definition) is 4. The van der Waals surface area contributed by atoms with Gasteiger partial charge in [0.15, 0.2) is 0 Å². The lowest BCUT2D eigenvalue weighted by Crippen LogP contribution is -2.20. The molecule has 0 N–H and O–H groups in total. The van der Waals surface area contributed by atoms with Crippen molar-refractivity contribution in [2.75, 3.05) is 6.61 Å². The van der Waals surface area contributed by atoms with Crippen LogP contribution in [0.3, 0.4) is 0 Å². The molecule has 0 aliphatic carbocycles. The van der Waals surface area contributed by atoms with Gasteiger partial charge in [-0.3, -0.25) is 0 Å². The van der Waals surface area contributed by atoms with Crippen molar-refractivity contribution in [2.24, 2.45) is 0 Å². The largest absolute Gasteiger partial charge is 0.464 e. The van der Waals surface area contributed by atoms with E-state index < -0.39 is 12.0 Å². The lowest BCUT2D eigenvalue weighted by molar-refractivity contribution is -0.145. The van der Waals surface area contributed by atoms with E-state index >= 15 is 0 Å². The first kappa shape index (κ1) is 9.26. The number of aromatic nitrogens is 2. The SMILES string of the molecule is CCOC(=O)C(C#N)n1cccn1. The average Bonchev–Trinajstić information content (AvgIpc) is 2.59. The zero-order valence-electron chi connectivity index (χ0n) is 7.17. The number of carbonyl (C=O) groups excluding carboxylic acids is 1. The van der Waals surface area contributed by atoms with E-state index in [0.717, 1.165) is 0 Å². The Balaban J connectivity index is 2.76. The van der Waals surface area contributed by atoms with E-state index in [-0.39, 0.29) is 6.61 Å². The van der Waals surface area contributed by atoms with E-state index in [2.05, 4.69) is 5.10 Å². The van der Waals surface area contributed by atoms with Gasteiger partial charge in [0, 0.05) is 12.4 Å². The third-order valence-corrected chi connectivity index (χ3v) is 1.42. The molecule has 0 bridgehead atoms. The Labute approximate surface area is 75.5 Å². The molecule has 0 aromatic carbocycles. The van der Waals surface area contributed by atoms with Gasteiger partial charge in [-0.15, -0.1) is 0 Å². The van der Waals surface area contributed by atoms with Gasteiger partial charge >= 0.3 is 5.97 Å². The van der Waals surface area contributed by atoms with Gasteiger partial charge < -0.3 is 4.74 Å². The van der Waals surface area contributed by atoms with Crippen LogP contribution in [0, 0.1) is 11.3 Å². The van der Waals surface area contributed by atoms with Gasteiger partial charge in [0.2, 0.25) is 6.04 Å². The lowest BCUT2D eigenvalue weighted by Gasteiger charge is -2.07. The van der Waals surface area contributed by atoms with Crippen LogP contribution in [-0.2, 0) is 9.53 Å². The highest BCUT2D eigenvalue weighted by molar-refractivity contribution is 5.76. The van der Waals surface area contributed by atoms with Crippen molar-refractivity contribution in [1.82, 2.24) is 9.78 Å². The van der Waals surface area contributed by atoms with Gasteiger partial charge in [-0.05, 0) is 13.0 Å². The van der Waals surface area contributed by atoms with Crippen LogP contribution in [0.1, 0.15) is 13.0 Å². The molecule has 0 radical (unpaired) electrons. The molecule has 1 aromatic heterocycles. The number of esters is 1. The molecule has 0 saturated carbocycles. The summed E-state index contributed by atoms with van der Waals surface area (Å²) in [6.45, 7) is 1.95. The smallest absolute Gasteiger partial charge is 0.345 e. The molecule has 0 fully saturated rings. The Morgan fingerprint density at radius 1 is 1.85 bits per heavy atom. The second-order valence-electron chi connectivity index (χ2n) is 2.27. The monoisotopic (exact) mass is 179 g/mol. The number of nitrogens with zero attached hydrogens (tertiary/aromatic N) is 3. The Morgan fingerprint density at radius 3 is 3.08 bits per heavy atom. The Morgan fingerprint density at radius 2 is 2.62 bits per heavy atom. The predicted molar refractivity (Wildman–Crippen MR) is 43.5 cm³/mol. The second-order valence-corrected chi connectivity index (χ2v) is 2.27. The molecule has 1 atom stereocenters. The highest BCUT2D eigenvalue weighted by Gasteiger charge is 2.20. The first-order chi connectivity index (χ1) is 6.29. The van der Waals surface area contributed by atoms with Crippen molar-refractivity contribution in [3.63, 3.8) is 0 Å². The van der Waals surface area contributed by atoms with E-state index in [1.807, 2.05) is 6.07 Å². The molecule has 5 heteroatoms.